The summed E-state index contributed by atoms with van der Waals surface area (Å²) >= 11 is 1.52. The van der Waals surface area contributed by atoms with Gasteiger partial charge in [0, 0.05) is 76.5 Å². The van der Waals surface area contributed by atoms with Gasteiger partial charge in [0.05, 0.1) is 41.9 Å². The summed E-state index contributed by atoms with van der Waals surface area (Å²) in [6.45, 7) is 22.2. The van der Waals surface area contributed by atoms with Crippen LogP contribution in [-0.4, -0.2) is 99.8 Å². The molecule has 3 saturated heterocycles. The number of esters is 1. The quantitative estimate of drug-likeness (QED) is 0.188. The van der Waals surface area contributed by atoms with Crippen molar-refractivity contribution in [3.05, 3.63) is 57.7 Å². The van der Waals surface area contributed by atoms with Crippen LogP contribution in [0, 0.1) is 23.2 Å². The number of aromatic nitrogens is 3. The highest BCUT2D eigenvalue weighted by Crippen LogP contribution is 2.46. The van der Waals surface area contributed by atoms with Gasteiger partial charge in [0.2, 0.25) is 5.91 Å². The van der Waals surface area contributed by atoms with Crippen LogP contribution in [0.25, 0.3) is 33.4 Å². The molecule has 6 bridgehead atoms. The first-order chi connectivity index (χ1) is 29.7. The van der Waals surface area contributed by atoms with Crippen LogP contribution in [0.3, 0.4) is 0 Å². The van der Waals surface area contributed by atoms with Crippen LogP contribution in [0.1, 0.15) is 121 Å². The van der Waals surface area contributed by atoms with Crippen LogP contribution in [0.4, 0.5) is 0 Å². The number of fused-ring (bicyclic) bond motifs is 7. The minimum Gasteiger partial charge on any atom is -0.464 e. The van der Waals surface area contributed by atoms with E-state index in [0.717, 1.165) is 78.6 Å². The number of thiazole rings is 1. The maximum absolute atomic E-state index is 14.4. The zero-order valence-corrected chi connectivity index (χ0v) is 38.6. The highest BCUT2D eigenvalue weighted by Gasteiger charge is 2.50. The number of nitrogens with one attached hydrogen (secondary N) is 2. The Morgan fingerprint density at radius 1 is 1.08 bits per heavy atom. The van der Waals surface area contributed by atoms with Crippen LogP contribution in [0.15, 0.2) is 35.8 Å². The summed E-state index contributed by atoms with van der Waals surface area (Å²) in [5.41, 5.74) is 11.7. The van der Waals surface area contributed by atoms with Crippen molar-refractivity contribution in [2.24, 2.45) is 23.2 Å². The molecule has 12 nitrogen and oxygen atoms in total. The molecule has 4 aliphatic heterocycles. The van der Waals surface area contributed by atoms with Gasteiger partial charge in [0.25, 0.3) is 5.91 Å². The fourth-order valence-corrected chi connectivity index (χ4v) is 11.7. The molecule has 13 heteroatoms. The fourth-order valence-electron chi connectivity index (χ4n) is 10.8. The molecule has 0 unspecified atom stereocenters. The summed E-state index contributed by atoms with van der Waals surface area (Å²) in [5, 5.41) is 8.67. The Bertz CT molecular complexity index is 2340. The molecule has 2 N–H and O–H groups in total. The molecule has 8 atom stereocenters. The number of pyridine rings is 1. The molecule has 1 aliphatic carbocycles. The number of piperidine rings is 1. The maximum Gasteiger partial charge on any atom is 0.324 e. The highest BCUT2D eigenvalue weighted by molar-refractivity contribution is 7.10. The first kappa shape index (κ1) is 43.1. The number of hydrogen-bond donors (Lipinski definition) is 2. The Balaban J connectivity index is 1.16. The van der Waals surface area contributed by atoms with E-state index in [0.29, 0.717) is 37.8 Å². The van der Waals surface area contributed by atoms with Crippen molar-refractivity contribution in [3.63, 3.8) is 0 Å². The average Bonchev–Trinajstić information content (AvgIpc) is 3.55. The zero-order chi connectivity index (χ0) is 43.6. The second-order valence-corrected chi connectivity index (χ2v) is 20.9. The van der Waals surface area contributed by atoms with Gasteiger partial charge in [-0.15, -0.1) is 11.3 Å². The van der Waals surface area contributed by atoms with Gasteiger partial charge in [-0.1, -0.05) is 54.5 Å². The third-order valence-corrected chi connectivity index (χ3v) is 15.8. The number of hydrazine groups is 1. The lowest BCUT2D eigenvalue weighted by Gasteiger charge is -2.42. The molecule has 2 amide bonds. The van der Waals surface area contributed by atoms with Gasteiger partial charge in [-0.2, -0.15) is 0 Å². The monoisotopic (exact) mass is 863 g/mol. The Morgan fingerprint density at radius 3 is 2.65 bits per heavy atom. The number of amides is 2. The van der Waals surface area contributed by atoms with E-state index >= 15 is 0 Å². The minimum absolute atomic E-state index is 0.107. The predicted octanol–water partition coefficient (Wildman–Crippen LogP) is 7.66. The van der Waals surface area contributed by atoms with Crippen molar-refractivity contribution in [2.75, 3.05) is 39.5 Å². The molecule has 7 heterocycles. The highest BCUT2D eigenvalue weighted by atomic mass is 32.1. The second kappa shape index (κ2) is 17.1. The lowest BCUT2D eigenvalue weighted by molar-refractivity contribution is -0.155. The van der Waals surface area contributed by atoms with E-state index in [-0.39, 0.29) is 48.1 Å². The SMILES string of the molecule is CCn1c(-c2cc([C@H]3CCN4CCOC[C@@H]4C3)cnc2C(C)C)c2c3cc(ccc31)-c1csc(n1)[C@@H](C)[C@H](NC(=O)[C@H]1[C@H](C)[C@@H]1C)C(=O)N1CCC[C@H](N1)C(=O)OCC(C)(C)C2. The van der Waals surface area contributed by atoms with Gasteiger partial charge in [-0.25, -0.2) is 10.4 Å². The number of aryl methyl sites for hydroxylation is 1. The van der Waals surface area contributed by atoms with Gasteiger partial charge in [-0.05, 0) is 98.6 Å². The summed E-state index contributed by atoms with van der Waals surface area (Å²) in [4.78, 5) is 55.1. The largest absolute Gasteiger partial charge is 0.464 e. The van der Waals surface area contributed by atoms with Gasteiger partial charge < -0.3 is 19.4 Å². The summed E-state index contributed by atoms with van der Waals surface area (Å²) in [6, 6.07) is 8.00. The molecule has 5 aliphatic rings. The second-order valence-electron chi connectivity index (χ2n) is 20.0. The van der Waals surface area contributed by atoms with Gasteiger partial charge in [-0.3, -0.25) is 29.3 Å². The molecule has 332 valence electrons. The summed E-state index contributed by atoms with van der Waals surface area (Å²) in [6.07, 6.45) is 6.14. The number of carbonyl (C=O) groups is 3. The van der Waals surface area contributed by atoms with Crippen molar-refractivity contribution in [3.8, 4) is 22.5 Å². The molecule has 62 heavy (non-hydrogen) atoms. The van der Waals surface area contributed by atoms with Crippen LogP contribution >= 0.6 is 11.3 Å². The smallest absolute Gasteiger partial charge is 0.324 e. The van der Waals surface area contributed by atoms with E-state index in [4.69, 9.17) is 19.4 Å². The number of benzene rings is 1. The van der Waals surface area contributed by atoms with Crippen molar-refractivity contribution in [2.45, 2.75) is 130 Å². The lowest BCUT2D eigenvalue weighted by atomic mass is 9.82. The van der Waals surface area contributed by atoms with E-state index in [9.17, 15) is 14.4 Å². The number of ether oxygens (including phenoxy) is 2. The Hall–Kier alpha value is -4.17. The first-order valence-electron chi connectivity index (χ1n) is 23.2. The van der Waals surface area contributed by atoms with Gasteiger partial charge in [0.15, 0.2) is 0 Å². The maximum atomic E-state index is 14.4. The van der Waals surface area contributed by atoms with Crippen LogP contribution in [0.5, 0.6) is 0 Å². The van der Waals surface area contributed by atoms with Crippen LogP contribution < -0.4 is 10.7 Å². The normalized spacial score (nSPS) is 29.3. The number of cyclic esters (lactones) is 1. The van der Waals surface area contributed by atoms with Crippen LogP contribution in [0.2, 0.25) is 0 Å². The number of nitrogens with zero attached hydrogens (tertiary/aromatic N) is 5. The van der Waals surface area contributed by atoms with Crippen molar-refractivity contribution < 1.29 is 23.9 Å². The molecular weight excluding hydrogens is 799 g/mol. The molecule has 0 radical (unpaired) electrons. The summed E-state index contributed by atoms with van der Waals surface area (Å²) < 4.78 is 14.6. The summed E-state index contributed by atoms with van der Waals surface area (Å²) in [7, 11) is 0. The topological polar surface area (TPSA) is 131 Å². The molecule has 0 spiro atoms. The molecule has 1 aromatic carbocycles. The fraction of sp³-hybridized carbons (Fsp3) is 0.612. The minimum atomic E-state index is -0.861. The number of morpholine rings is 1. The average molecular weight is 864 g/mol. The van der Waals surface area contributed by atoms with E-state index in [2.05, 4.69) is 105 Å². The molecule has 4 aromatic rings. The van der Waals surface area contributed by atoms with E-state index in [1.165, 1.54) is 38.7 Å². The third-order valence-electron chi connectivity index (χ3n) is 14.8. The van der Waals surface area contributed by atoms with Gasteiger partial charge in [0.1, 0.15) is 12.1 Å². The lowest BCUT2D eigenvalue weighted by Crippen LogP contribution is -2.61. The van der Waals surface area contributed by atoms with E-state index in [1.54, 1.807) is 0 Å². The van der Waals surface area contributed by atoms with E-state index in [1.807, 2.05) is 6.92 Å². The molecule has 1 saturated carbocycles. The molecule has 3 aromatic heterocycles. The third kappa shape index (κ3) is 8.11. The zero-order valence-electron chi connectivity index (χ0n) is 37.8. The van der Waals surface area contributed by atoms with E-state index < -0.39 is 23.4 Å². The van der Waals surface area contributed by atoms with Crippen molar-refractivity contribution in [1.29, 1.82) is 0 Å². The predicted molar refractivity (Wildman–Crippen MR) is 243 cm³/mol. The molecule has 9 rings (SSSR count). The van der Waals surface area contributed by atoms with Crippen LogP contribution in [-0.2, 0) is 36.8 Å². The Labute approximate surface area is 370 Å². The number of rotatable bonds is 6. The molecular formula is C49H65N7O5S. The summed E-state index contributed by atoms with van der Waals surface area (Å²) in [5.74, 6) is -0.172. The van der Waals surface area contributed by atoms with Gasteiger partial charge >= 0.3 is 5.97 Å². The Morgan fingerprint density at radius 2 is 1.89 bits per heavy atom. The first-order valence-corrected chi connectivity index (χ1v) is 24.1. The Kier molecular flexibility index (Phi) is 11.9. The number of hydrogen-bond acceptors (Lipinski definition) is 10. The molecule has 4 fully saturated rings. The standard InChI is InChI=1S/C49H65N7O5S/c1-9-55-40-13-12-32-20-35(40)37(44(55)36-21-33(23-50-42(36)27(2)3)31-14-16-54-17-18-60-24-34(54)19-31)22-49(7,8)26-61-48(59)38-11-10-15-56(53-38)47(58)43(30(6)46-51-39(32)25-62-46)52-45(57)41-28(4)29(41)5/h12-13,20-21,23,25,27-31,34,38,41,43,53H,9-11,14-19,22,24,26H2,1-8H3,(H,52,57)/t28-,29+,30-,31-,34-,38-,41+,43-/m0/s1. The van der Waals surface area contributed by atoms with Crippen molar-refractivity contribution >= 4 is 40.0 Å². The van der Waals surface area contributed by atoms with Crippen molar-refractivity contribution in [1.82, 2.24) is 35.2 Å². The number of carbonyl (C=O) groups excluding carboxylic acids is 3.